The highest BCUT2D eigenvalue weighted by Crippen LogP contribution is 2.42. The molecule has 0 saturated heterocycles. The molecular weight excluding hydrogens is 288 g/mol. The minimum absolute atomic E-state index is 0.0796. The highest BCUT2D eigenvalue weighted by atomic mass is 16.5. The normalized spacial score (nSPS) is 16.6. The van der Waals surface area contributed by atoms with Gasteiger partial charge in [-0.3, -0.25) is 0 Å². The Labute approximate surface area is 140 Å². The molecule has 0 fully saturated rings. The highest BCUT2D eigenvalue weighted by Gasteiger charge is 2.27. The first-order chi connectivity index (χ1) is 11.1. The van der Waals surface area contributed by atoms with Gasteiger partial charge in [-0.15, -0.1) is 0 Å². The van der Waals surface area contributed by atoms with Crippen LogP contribution in [0.15, 0.2) is 17.9 Å². The van der Waals surface area contributed by atoms with E-state index in [0.29, 0.717) is 5.92 Å². The monoisotopic (exact) mass is 318 g/mol. The van der Waals surface area contributed by atoms with Gasteiger partial charge in [-0.05, 0) is 36.1 Å². The lowest BCUT2D eigenvalue weighted by atomic mass is 9.91. The van der Waals surface area contributed by atoms with Crippen molar-refractivity contribution in [3.63, 3.8) is 0 Å². The molecule has 0 aromatic heterocycles. The summed E-state index contributed by atoms with van der Waals surface area (Å²) in [4.78, 5) is 0. The van der Waals surface area contributed by atoms with Crippen LogP contribution in [0.5, 0.6) is 11.5 Å². The first-order valence-corrected chi connectivity index (χ1v) is 8.73. The van der Waals surface area contributed by atoms with Crippen LogP contribution in [0.3, 0.4) is 0 Å². The second-order valence-electron chi connectivity index (χ2n) is 6.54. The van der Waals surface area contributed by atoms with Crippen molar-refractivity contribution in [1.82, 2.24) is 0 Å². The fourth-order valence-electron chi connectivity index (χ4n) is 3.07. The lowest BCUT2D eigenvalue weighted by Crippen LogP contribution is -2.16. The lowest BCUT2D eigenvalue weighted by molar-refractivity contribution is 0.0683. The van der Waals surface area contributed by atoms with Crippen LogP contribution in [-0.2, 0) is 4.74 Å². The number of benzene rings is 1. The van der Waals surface area contributed by atoms with Crippen molar-refractivity contribution >= 4 is 6.08 Å². The Morgan fingerprint density at radius 2 is 1.74 bits per heavy atom. The number of methoxy groups -OCH3 is 2. The minimum atomic E-state index is 0.0796. The molecule has 1 heterocycles. The van der Waals surface area contributed by atoms with Crippen LogP contribution >= 0.6 is 0 Å². The third-order valence-corrected chi connectivity index (χ3v) is 4.37. The summed E-state index contributed by atoms with van der Waals surface area (Å²) in [5.74, 6) is 3.04. The van der Waals surface area contributed by atoms with Crippen LogP contribution in [0, 0.1) is 5.92 Å². The predicted octanol–water partition coefficient (Wildman–Crippen LogP) is 5.74. The van der Waals surface area contributed by atoms with E-state index in [2.05, 4.69) is 39.0 Å². The molecule has 0 radical (unpaired) electrons. The van der Waals surface area contributed by atoms with Crippen LogP contribution in [0.4, 0.5) is 0 Å². The fourth-order valence-corrected chi connectivity index (χ4v) is 3.07. The van der Waals surface area contributed by atoms with Gasteiger partial charge >= 0.3 is 0 Å². The first kappa shape index (κ1) is 17.7. The number of unbranched alkanes of at least 4 members (excludes halogenated alkanes) is 3. The molecule has 0 bridgehead atoms. The standard InChI is InChI=1S/C20H30O3/c1-6-7-8-9-10-16-11-15-12-18(21-4)19(22-5)13-17(15)20(23-16)14(2)3/h11-14,20H,6-10H2,1-5H3. The molecule has 1 atom stereocenters. The van der Waals surface area contributed by atoms with E-state index in [1.165, 1.54) is 36.8 Å². The zero-order chi connectivity index (χ0) is 16.8. The number of hydrogen-bond donors (Lipinski definition) is 0. The Morgan fingerprint density at radius 3 is 2.35 bits per heavy atom. The third-order valence-electron chi connectivity index (χ3n) is 4.37. The van der Waals surface area contributed by atoms with Crippen LogP contribution in [0.2, 0.25) is 0 Å². The molecule has 1 aromatic carbocycles. The van der Waals surface area contributed by atoms with Gasteiger partial charge in [0.05, 0.1) is 20.0 Å². The van der Waals surface area contributed by atoms with E-state index in [1.54, 1.807) is 14.2 Å². The zero-order valence-electron chi connectivity index (χ0n) is 15.1. The molecule has 1 aromatic rings. The minimum Gasteiger partial charge on any atom is -0.493 e. The first-order valence-electron chi connectivity index (χ1n) is 8.73. The van der Waals surface area contributed by atoms with Gasteiger partial charge in [0.2, 0.25) is 0 Å². The van der Waals surface area contributed by atoms with E-state index in [4.69, 9.17) is 14.2 Å². The second kappa shape index (κ2) is 8.28. The van der Waals surface area contributed by atoms with Crippen molar-refractivity contribution < 1.29 is 14.2 Å². The van der Waals surface area contributed by atoms with E-state index < -0.39 is 0 Å². The Balaban J connectivity index is 2.29. The highest BCUT2D eigenvalue weighted by molar-refractivity contribution is 5.63. The Kier molecular flexibility index (Phi) is 6.37. The van der Waals surface area contributed by atoms with Gasteiger partial charge in [0.25, 0.3) is 0 Å². The van der Waals surface area contributed by atoms with Gasteiger partial charge in [0.1, 0.15) is 6.10 Å². The summed E-state index contributed by atoms with van der Waals surface area (Å²) in [6, 6.07) is 4.13. The van der Waals surface area contributed by atoms with Gasteiger partial charge in [-0.1, -0.05) is 40.0 Å². The van der Waals surface area contributed by atoms with E-state index in [-0.39, 0.29) is 6.10 Å². The summed E-state index contributed by atoms with van der Waals surface area (Å²) in [6.45, 7) is 6.64. The molecule has 2 rings (SSSR count). The second-order valence-corrected chi connectivity index (χ2v) is 6.54. The van der Waals surface area contributed by atoms with Crippen LogP contribution in [0.25, 0.3) is 6.08 Å². The third kappa shape index (κ3) is 4.21. The molecule has 23 heavy (non-hydrogen) atoms. The van der Waals surface area contributed by atoms with Crippen molar-refractivity contribution in [3.8, 4) is 11.5 Å². The molecule has 1 unspecified atom stereocenters. The average Bonchev–Trinajstić information content (AvgIpc) is 2.56. The van der Waals surface area contributed by atoms with Gasteiger partial charge in [-0.25, -0.2) is 0 Å². The number of rotatable bonds is 8. The molecule has 1 aliphatic rings. The van der Waals surface area contributed by atoms with Crippen molar-refractivity contribution in [2.45, 2.75) is 59.0 Å². The van der Waals surface area contributed by atoms with Crippen molar-refractivity contribution in [2.75, 3.05) is 14.2 Å². The van der Waals surface area contributed by atoms with E-state index in [0.717, 1.165) is 23.7 Å². The summed E-state index contributed by atoms with van der Waals surface area (Å²) in [5.41, 5.74) is 2.38. The predicted molar refractivity (Wildman–Crippen MR) is 94.9 cm³/mol. The van der Waals surface area contributed by atoms with Crippen LogP contribution in [0.1, 0.15) is 70.1 Å². The summed E-state index contributed by atoms with van der Waals surface area (Å²) in [7, 11) is 3.35. The van der Waals surface area contributed by atoms with E-state index in [1.807, 2.05) is 0 Å². The van der Waals surface area contributed by atoms with Crippen LogP contribution in [-0.4, -0.2) is 14.2 Å². The molecule has 128 valence electrons. The summed E-state index contributed by atoms with van der Waals surface area (Å²) in [6.07, 6.45) is 8.27. The Bertz CT molecular complexity index is 546. The van der Waals surface area contributed by atoms with Gasteiger partial charge in [0, 0.05) is 12.0 Å². The van der Waals surface area contributed by atoms with Crippen molar-refractivity contribution in [3.05, 3.63) is 29.0 Å². The molecular formula is C20H30O3. The molecule has 0 amide bonds. The molecule has 3 heteroatoms. The lowest BCUT2D eigenvalue weighted by Gasteiger charge is -2.30. The van der Waals surface area contributed by atoms with Crippen molar-refractivity contribution in [2.24, 2.45) is 5.92 Å². The smallest absolute Gasteiger partial charge is 0.161 e. The van der Waals surface area contributed by atoms with Gasteiger partial charge in [0.15, 0.2) is 11.5 Å². The zero-order valence-corrected chi connectivity index (χ0v) is 15.1. The number of hydrogen-bond acceptors (Lipinski definition) is 3. The maximum absolute atomic E-state index is 6.29. The van der Waals surface area contributed by atoms with E-state index >= 15 is 0 Å². The number of ether oxygens (including phenoxy) is 3. The summed E-state index contributed by atoms with van der Waals surface area (Å²) in [5, 5.41) is 0. The summed E-state index contributed by atoms with van der Waals surface area (Å²) >= 11 is 0. The molecule has 0 N–H and O–H groups in total. The molecule has 0 aliphatic carbocycles. The maximum atomic E-state index is 6.29. The summed E-state index contributed by atoms with van der Waals surface area (Å²) < 4.78 is 17.2. The molecule has 0 saturated carbocycles. The van der Waals surface area contributed by atoms with Crippen molar-refractivity contribution in [1.29, 1.82) is 0 Å². The average molecular weight is 318 g/mol. The number of fused-ring (bicyclic) bond motifs is 1. The van der Waals surface area contributed by atoms with Gasteiger partial charge < -0.3 is 14.2 Å². The number of allylic oxidation sites excluding steroid dienone is 1. The molecule has 0 spiro atoms. The quantitative estimate of drug-likeness (QED) is 0.572. The topological polar surface area (TPSA) is 27.7 Å². The Hall–Kier alpha value is -1.64. The largest absolute Gasteiger partial charge is 0.493 e. The Morgan fingerprint density at radius 1 is 1.04 bits per heavy atom. The van der Waals surface area contributed by atoms with E-state index in [9.17, 15) is 0 Å². The van der Waals surface area contributed by atoms with Gasteiger partial charge in [-0.2, -0.15) is 0 Å². The molecule has 3 nitrogen and oxygen atoms in total. The molecule has 1 aliphatic heterocycles. The fraction of sp³-hybridized carbons (Fsp3) is 0.600. The SMILES string of the molecule is CCCCCCC1=Cc2cc(OC)c(OC)cc2C(C(C)C)O1. The van der Waals surface area contributed by atoms with Crippen LogP contribution < -0.4 is 9.47 Å². The maximum Gasteiger partial charge on any atom is 0.161 e.